The molecule has 4 rings (SSSR count). The number of benzene rings is 2. The average Bonchev–Trinajstić information content (AvgIpc) is 3.83. The lowest BCUT2D eigenvalue weighted by molar-refractivity contribution is -0.122. The fraction of sp³-hybridized carbons (Fsp3) is 0.462. The number of hydrogen-bond acceptors (Lipinski definition) is 9. The van der Waals surface area contributed by atoms with E-state index in [-0.39, 0.29) is 30.4 Å². The molecule has 0 fully saturated rings. The first-order valence-electron chi connectivity index (χ1n) is 17.8. The summed E-state index contributed by atoms with van der Waals surface area (Å²) in [5.41, 5.74) is 10.6. The molecule has 3 unspecified atom stereocenters. The van der Waals surface area contributed by atoms with E-state index in [1.165, 1.54) is 11.3 Å². The second-order valence-corrected chi connectivity index (χ2v) is 15.2. The van der Waals surface area contributed by atoms with E-state index in [0.717, 1.165) is 39.5 Å². The topological polar surface area (TPSA) is 140 Å². The van der Waals surface area contributed by atoms with Crippen molar-refractivity contribution < 1.29 is 19.1 Å². The first kappa shape index (κ1) is 39.7. The van der Waals surface area contributed by atoms with Crippen LogP contribution >= 0.6 is 22.7 Å². The molecule has 2 aromatic carbocycles. The summed E-state index contributed by atoms with van der Waals surface area (Å²) in [6.45, 7) is 5.24. The van der Waals surface area contributed by atoms with Gasteiger partial charge in [-0.05, 0) is 68.5 Å². The van der Waals surface area contributed by atoms with Gasteiger partial charge < -0.3 is 26.0 Å². The second-order valence-electron chi connectivity index (χ2n) is 13.4. The van der Waals surface area contributed by atoms with Crippen LogP contribution in [0.4, 0.5) is 9.59 Å². The Labute approximate surface area is 310 Å². The summed E-state index contributed by atoms with van der Waals surface area (Å²) in [5, 5.41) is 9.14. The van der Waals surface area contributed by atoms with Crippen LogP contribution in [0.15, 0.2) is 77.8 Å². The lowest BCUT2D eigenvalue weighted by Crippen LogP contribution is -2.47. The van der Waals surface area contributed by atoms with Crippen molar-refractivity contribution >= 4 is 40.6 Å². The molecule has 10 nitrogen and oxygen atoms in total. The Kier molecular flexibility index (Phi) is 16.5. The minimum Gasteiger partial charge on any atom is -0.444 e. The Morgan fingerprint density at radius 3 is 2.24 bits per heavy atom. The van der Waals surface area contributed by atoms with Crippen LogP contribution in [0.5, 0.6) is 0 Å². The molecule has 0 saturated heterocycles. The number of urea groups is 1. The van der Waals surface area contributed by atoms with Gasteiger partial charge in [0, 0.05) is 37.0 Å². The maximum atomic E-state index is 14.1. The van der Waals surface area contributed by atoms with E-state index in [4.69, 9.17) is 10.5 Å². The Hall–Kier alpha value is -4.13. The van der Waals surface area contributed by atoms with E-state index in [9.17, 15) is 14.4 Å². The van der Waals surface area contributed by atoms with Crippen molar-refractivity contribution in [3.63, 3.8) is 0 Å². The Balaban J connectivity index is 1.45. The number of amides is 3. The zero-order chi connectivity index (χ0) is 36.4. The lowest BCUT2D eigenvalue weighted by atomic mass is 9.86. The largest absolute Gasteiger partial charge is 0.444 e. The van der Waals surface area contributed by atoms with Crippen LogP contribution < -0.4 is 16.4 Å². The third kappa shape index (κ3) is 14.2. The Bertz CT molecular complexity index is 1600. The zero-order valence-electron chi connectivity index (χ0n) is 30.0. The molecule has 3 atom stereocenters. The van der Waals surface area contributed by atoms with Gasteiger partial charge in [-0.3, -0.25) is 9.78 Å². The number of unbranched alkanes of at least 4 members (excludes halogenated alkanes) is 1. The summed E-state index contributed by atoms with van der Waals surface area (Å²) < 4.78 is 5.51. The van der Waals surface area contributed by atoms with Gasteiger partial charge in [0.1, 0.15) is 6.61 Å². The predicted molar refractivity (Wildman–Crippen MR) is 205 cm³/mol. The summed E-state index contributed by atoms with van der Waals surface area (Å²) in [6.07, 6.45) is 6.20. The number of nitrogens with zero attached hydrogens (tertiary/aromatic N) is 3. The van der Waals surface area contributed by atoms with Gasteiger partial charge in [0.05, 0.1) is 33.7 Å². The number of ketones is 1. The third-order valence-electron chi connectivity index (χ3n) is 8.70. The molecule has 0 saturated carbocycles. The summed E-state index contributed by atoms with van der Waals surface area (Å²) in [6, 6.07) is 19.0. The minimum absolute atomic E-state index is 0.00184. The highest BCUT2D eigenvalue weighted by molar-refractivity contribution is 7.09. The SMILES string of the molecule is CC(C)c1nc(CN(C)C(=O)NC(CCCCN)C(=O)CC(CCC(Cc2ccccc2)NC(=O)OCc2cncs2)Cc2ccccc2)cs1. The van der Waals surface area contributed by atoms with Gasteiger partial charge >= 0.3 is 12.1 Å². The number of nitrogens with two attached hydrogens (primary N) is 1. The van der Waals surface area contributed by atoms with Gasteiger partial charge in [0.25, 0.3) is 0 Å². The molecule has 0 aliphatic heterocycles. The number of rotatable bonds is 21. The number of thiazole rings is 2. The van der Waals surface area contributed by atoms with Gasteiger partial charge in [-0.25, -0.2) is 14.6 Å². The number of carbonyl (C=O) groups excluding carboxylic acids is 3. The number of hydrogen-bond donors (Lipinski definition) is 3. The summed E-state index contributed by atoms with van der Waals surface area (Å²) in [5.74, 6) is 0.315. The molecule has 0 aliphatic carbocycles. The van der Waals surface area contributed by atoms with Crippen molar-refractivity contribution in [2.45, 2.75) is 96.4 Å². The van der Waals surface area contributed by atoms with E-state index in [2.05, 4.69) is 46.6 Å². The second kappa shape index (κ2) is 21.3. The number of ether oxygens (including phenoxy) is 1. The Morgan fingerprint density at radius 2 is 1.61 bits per heavy atom. The molecule has 12 heteroatoms. The molecule has 51 heavy (non-hydrogen) atoms. The van der Waals surface area contributed by atoms with Crippen LogP contribution in [0.1, 0.15) is 85.0 Å². The first-order chi connectivity index (χ1) is 24.7. The highest BCUT2D eigenvalue weighted by Crippen LogP contribution is 2.23. The fourth-order valence-electron chi connectivity index (χ4n) is 5.91. The summed E-state index contributed by atoms with van der Waals surface area (Å²) in [7, 11) is 1.73. The average molecular weight is 733 g/mol. The predicted octanol–water partition coefficient (Wildman–Crippen LogP) is 7.50. The highest BCUT2D eigenvalue weighted by atomic mass is 32.1. The van der Waals surface area contributed by atoms with Crippen LogP contribution in [0.25, 0.3) is 0 Å². The van der Waals surface area contributed by atoms with Crippen LogP contribution in [0, 0.1) is 5.92 Å². The monoisotopic (exact) mass is 732 g/mol. The van der Waals surface area contributed by atoms with Crippen molar-refractivity contribution in [2.75, 3.05) is 13.6 Å². The zero-order valence-corrected chi connectivity index (χ0v) is 31.6. The van der Waals surface area contributed by atoms with Crippen molar-refractivity contribution in [2.24, 2.45) is 11.7 Å². The van der Waals surface area contributed by atoms with E-state index < -0.39 is 12.1 Å². The molecular weight excluding hydrogens is 681 g/mol. The van der Waals surface area contributed by atoms with Crippen molar-refractivity contribution in [3.05, 3.63) is 104 Å². The molecular formula is C39H52N6O4S2. The number of Topliss-reactive ketones (excluding diaryl/α,β-unsaturated/α-hetero) is 1. The molecule has 0 bridgehead atoms. The van der Waals surface area contributed by atoms with Crippen molar-refractivity contribution in [1.29, 1.82) is 0 Å². The molecule has 3 amide bonds. The molecule has 4 N–H and O–H groups in total. The van der Waals surface area contributed by atoms with Gasteiger partial charge in [0.2, 0.25) is 0 Å². The summed E-state index contributed by atoms with van der Waals surface area (Å²) >= 11 is 3.03. The smallest absolute Gasteiger partial charge is 0.407 e. The van der Waals surface area contributed by atoms with E-state index in [1.807, 2.05) is 53.9 Å². The van der Waals surface area contributed by atoms with Gasteiger partial charge in [-0.1, -0.05) is 74.5 Å². The molecule has 0 aliphatic rings. The van der Waals surface area contributed by atoms with Crippen molar-refractivity contribution in [3.8, 4) is 0 Å². The molecule has 2 heterocycles. The number of carbonyl (C=O) groups is 3. The molecule has 2 aromatic heterocycles. The number of nitrogens with one attached hydrogen (secondary N) is 2. The normalized spacial score (nSPS) is 13.0. The maximum absolute atomic E-state index is 14.1. The quantitative estimate of drug-likeness (QED) is 0.0755. The van der Waals surface area contributed by atoms with Gasteiger partial charge in [-0.15, -0.1) is 22.7 Å². The van der Waals surface area contributed by atoms with Crippen LogP contribution in [0.2, 0.25) is 0 Å². The fourth-order valence-corrected chi connectivity index (χ4v) is 7.24. The number of alkyl carbamates (subject to hydrolysis) is 1. The van der Waals surface area contributed by atoms with E-state index in [0.29, 0.717) is 57.5 Å². The third-order valence-corrected chi connectivity index (χ3v) is 10.6. The standard InChI is InChI=1S/C39H52N6O4S2/c1-28(2)37-42-33(26-50-37)24-45(3)38(47)44-35(16-10-11-19-40)36(46)22-31(20-29-12-6-4-7-13-29)17-18-32(21-30-14-8-5-9-15-30)43-39(48)49-25-34-23-41-27-51-34/h4-9,12-15,23,26-28,31-32,35H,10-11,16-22,24-25,40H2,1-3H3,(H,43,48)(H,44,47). The van der Waals surface area contributed by atoms with Crippen LogP contribution in [-0.2, 0) is 35.5 Å². The molecule has 4 aromatic rings. The first-order valence-corrected chi connectivity index (χ1v) is 19.5. The van der Waals surface area contributed by atoms with Gasteiger partial charge in [0.15, 0.2) is 5.78 Å². The maximum Gasteiger partial charge on any atom is 0.407 e. The highest BCUT2D eigenvalue weighted by Gasteiger charge is 2.26. The van der Waals surface area contributed by atoms with Crippen LogP contribution in [0.3, 0.4) is 0 Å². The molecule has 0 radical (unpaired) electrons. The van der Waals surface area contributed by atoms with E-state index >= 15 is 0 Å². The molecule has 274 valence electrons. The number of aromatic nitrogens is 2. The Morgan fingerprint density at radius 1 is 0.902 bits per heavy atom. The van der Waals surface area contributed by atoms with Gasteiger partial charge in [-0.2, -0.15) is 0 Å². The van der Waals surface area contributed by atoms with Crippen LogP contribution in [-0.4, -0.2) is 58.5 Å². The minimum atomic E-state index is -0.633. The van der Waals surface area contributed by atoms with E-state index in [1.54, 1.807) is 35.0 Å². The van der Waals surface area contributed by atoms with Crippen molar-refractivity contribution in [1.82, 2.24) is 25.5 Å². The summed E-state index contributed by atoms with van der Waals surface area (Å²) in [4.78, 5) is 51.5. The lowest BCUT2D eigenvalue weighted by Gasteiger charge is -2.26. The molecule has 0 spiro atoms.